The molecule has 2 aliphatic heterocycles. The van der Waals surface area contributed by atoms with Crippen LogP contribution in [-0.2, 0) is 14.2 Å². The average Bonchev–Trinajstić information content (AvgIpc) is 2.85. The van der Waals surface area contributed by atoms with Crippen LogP contribution in [-0.4, -0.2) is 76.8 Å². The van der Waals surface area contributed by atoms with Crippen LogP contribution in [0.3, 0.4) is 0 Å². The van der Waals surface area contributed by atoms with E-state index in [1.54, 1.807) is 12.1 Å². The van der Waals surface area contributed by atoms with Gasteiger partial charge in [0.25, 0.3) is 0 Å². The Balaban J connectivity index is 0.000000186. The van der Waals surface area contributed by atoms with E-state index in [4.69, 9.17) is 19.3 Å². The lowest BCUT2D eigenvalue weighted by Gasteiger charge is -2.30. The highest BCUT2D eigenvalue weighted by molar-refractivity contribution is 5.90. The van der Waals surface area contributed by atoms with E-state index in [1.807, 2.05) is 38.1 Å². The van der Waals surface area contributed by atoms with Crippen molar-refractivity contribution in [3.63, 3.8) is 0 Å². The van der Waals surface area contributed by atoms with Gasteiger partial charge < -0.3 is 29.1 Å². The summed E-state index contributed by atoms with van der Waals surface area (Å²) in [6, 6.07) is 10.9. The maximum Gasteiger partial charge on any atom is 0.337 e. The number of aryl methyl sites for hydroxylation is 2. The molecule has 0 spiro atoms. The number of carboxylic acid groups (broad SMARTS) is 1. The number of esters is 1. The minimum atomic E-state index is -0.878. The molecule has 4 rings (SSSR count). The van der Waals surface area contributed by atoms with E-state index in [-0.39, 0.29) is 5.97 Å². The molecule has 0 radical (unpaired) electrons. The molecule has 0 bridgehead atoms. The number of carbonyl (C=O) groups is 2. The average molecular weight is 457 g/mol. The van der Waals surface area contributed by atoms with E-state index in [0.29, 0.717) is 11.1 Å². The molecule has 33 heavy (non-hydrogen) atoms. The van der Waals surface area contributed by atoms with Gasteiger partial charge in [0.15, 0.2) is 0 Å². The number of methoxy groups -OCH3 is 1. The lowest BCUT2D eigenvalue weighted by Crippen LogP contribution is -2.36. The van der Waals surface area contributed by atoms with Gasteiger partial charge in [-0.3, -0.25) is 0 Å². The van der Waals surface area contributed by atoms with E-state index in [1.165, 1.54) is 12.8 Å². The van der Waals surface area contributed by atoms with Crippen LogP contribution in [0.15, 0.2) is 36.4 Å². The first-order valence-corrected chi connectivity index (χ1v) is 11.1. The maximum absolute atomic E-state index is 11.4. The molecule has 0 unspecified atom stereocenters. The number of nitrogens with zero attached hydrogens (tertiary/aromatic N) is 2. The predicted molar refractivity (Wildman–Crippen MR) is 127 cm³/mol. The van der Waals surface area contributed by atoms with Crippen molar-refractivity contribution in [2.75, 3.05) is 69.5 Å². The molecule has 0 aromatic heterocycles. The van der Waals surface area contributed by atoms with Crippen LogP contribution in [0, 0.1) is 13.8 Å². The zero-order valence-corrected chi connectivity index (χ0v) is 19.5. The molecule has 2 aromatic carbocycles. The van der Waals surface area contributed by atoms with Gasteiger partial charge in [0.2, 0.25) is 0 Å². The van der Waals surface area contributed by atoms with Crippen molar-refractivity contribution < 1.29 is 28.9 Å². The Morgan fingerprint density at radius 3 is 1.61 bits per heavy atom. The molecule has 1 N–H and O–H groups in total. The summed E-state index contributed by atoms with van der Waals surface area (Å²) in [5, 5.41) is 8.88. The molecule has 2 heterocycles. The fourth-order valence-electron chi connectivity index (χ4n) is 4.01. The maximum atomic E-state index is 11.4. The van der Waals surface area contributed by atoms with Crippen molar-refractivity contribution in [3.8, 4) is 0 Å². The lowest BCUT2D eigenvalue weighted by atomic mass is 10.1. The van der Waals surface area contributed by atoms with Gasteiger partial charge in [-0.15, -0.1) is 0 Å². The van der Waals surface area contributed by atoms with E-state index in [2.05, 4.69) is 9.80 Å². The van der Waals surface area contributed by atoms with Crippen molar-refractivity contribution in [1.29, 1.82) is 0 Å². The topological polar surface area (TPSA) is 88.5 Å². The van der Waals surface area contributed by atoms with E-state index < -0.39 is 5.97 Å². The summed E-state index contributed by atoms with van der Waals surface area (Å²) in [6.45, 7) is 10.5. The largest absolute Gasteiger partial charge is 0.478 e. The van der Waals surface area contributed by atoms with Crippen LogP contribution in [0.25, 0.3) is 0 Å². The number of hydrogen-bond acceptors (Lipinski definition) is 7. The highest BCUT2D eigenvalue weighted by atomic mass is 16.5. The van der Waals surface area contributed by atoms with Gasteiger partial charge in [0.1, 0.15) is 0 Å². The van der Waals surface area contributed by atoms with Gasteiger partial charge in [-0.2, -0.15) is 0 Å². The van der Waals surface area contributed by atoms with Crippen molar-refractivity contribution in [3.05, 3.63) is 58.7 Å². The van der Waals surface area contributed by atoms with E-state index in [0.717, 1.165) is 69.4 Å². The minimum absolute atomic E-state index is 0.290. The Bertz CT molecular complexity index is 965. The number of hydrogen-bond donors (Lipinski definition) is 1. The number of anilines is 2. The monoisotopic (exact) mass is 456 g/mol. The number of benzene rings is 2. The summed E-state index contributed by atoms with van der Waals surface area (Å²) >= 11 is 0. The highest BCUT2D eigenvalue weighted by Gasteiger charge is 2.16. The summed E-state index contributed by atoms with van der Waals surface area (Å²) in [4.78, 5) is 26.7. The molecule has 2 fully saturated rings. The summed E-state index contributed by atoms with van der Waals surface area (Å²) < 4.78 is 15.3. The number of morpholine rings is 2. The number of ether oxygens (including phenoxy) is 3. The number of rotatable bonds is 4. The van der Waals surface area contributed by atoms with Crippen molar-refractivity contribution >= 4 is 23.3 Å². The Morgan fingerprint density at radius 2 is 1.21 bits per heavy atom. The SMILES string of the molecule is COC(=O)c1ccc(N2CCOCC2)c(C)c1.Cc1cc(C(=O)O)ccc1N1CCOCC1. The van der Waals surface area contributed by atoms with Crippen molar-refractivity contribution in [1.82, 2.24) is 0 Å². The van der Waals surface area contributed by atoms with Gasteiger partial charge in [0, 0.05) is 37.6 Å². The standard InChI is InChI=1S/C13H17NO3.C12H15NO3/c1-10-9-11(13(15)16-2)3-4-12(10)14-5-7-17-8-6-14;1-9-8-10(12(14)15)2-3-11(9)13-4-6-16-7-5-13/h3-4,9H,5-8H2,1-2H3;2-3,8H,4-7H2,1H3,(H,14,15). The highest BCUT2D eigenvalue weighted by Crippen LogP contribution is 2.23. The number of aromatic carboxylic acids is 1. The third kappa shape index (κ3) is 6.46. The first-order valence-electron chi connectivity index (χ1n) is 11.1. The van der Waals surface area contributed by atoms with Crippen LogP contribution in [0.2, 0.25) is 0 Å². The van der Waals surface area contributed by atoms with Gasteiger partial charge in [-0.25, -0.2) is 9.59 Å². The molecule has 178 valence electrons. The van der Waals surface area contributed by atoms with E-state index >= 15 is 0 Å². The van der Waals surface area contributed by atoms with Crippen LogP contribution in [0.1, 0.15) is 31.8 Å². The molecule has 0 atom stereocenters. The normalized spacial score (nSPS) is 16.0. The first-order chi connectivity index (χ1) is 15.9. The Labute approximate surface area is 194 Å². The zero-order valence-electron chi connectivity index (χ0n) is 19.5. The van der Waals surface area contributed by atoms with Crippen molar-refractivity contribution in [2.45, 2.75) is 13.8 Å². The second-order valence-electron chi connectivity index (χ2n) is 8.00. The van der Waals surface area contributed by atoms with Gasteiger partial charge >= 0.3 is 11.9 Å². The van der Waals surface area contributed by atoms with Gasteiger partial charge in [-0.05, 0) is 61.4 Å². The molecule has 2 saturated heterocycles. The second-order valence-corrected chi connectivity index (χ2v) is 8.00. The summed E-state index contributed by atoms with van der Waals surface area (Å²) in [7, 11) is 1.40. The first kappa shape index (κ1) is 24.5. The molecular formula is C25H32N2O6. The third-order valence-electron chi connectivity index (χ3n) is 5.77. The number of carbonyl (C=O) groups excluding carboxylic acids is 1. The summed E-state index contributed by atoms with van der Waals surface area (Å²) in [5.41, 5.74) is 5.31. The zero-order chi connectivity index (χ0) is 23.8. The molecule has 2 aliphatic rings. The molecule has 0 amide bonds. The van der Waals surface area contributed by atoms with E-state index in [9.17, 15) is 9.59 Å². The molecular weight excluding hydrogens is 424 g/mol. The fourth-order valence-corrected chi connectivity index (χ4v) is 4.01. The van der Waals surface area contributed by atoms with Gasteiger partial charge in [-0.1, -0.05) is 0 Å². The Morgan fingerprint density at radius 1 is 0.788 bits per heavy atom. The quantitative estimate of drug-likeness (QED) is 0.702. The third-order valence-corrected chi connectivity index (χ3v) is 5.77. The van der Waals surface area contributed by atoms with Crippen LogP contribution < -0.4 is 9.80 Å². The number of carboxylic acids is 1. The smallest absolute Gasteiger partial charge is 0.337 e. The summed E-state index contributed by atoms with van der Waals surface area (Å²) in [5.74, 6) is -1.17. The molecule has 8 heteroatoms. The van der Waals surface area contributed by atoms with Gasteiger partial charge in [0.05, 0.1) is 44.7 Å². The van der Waals surface area contributed by atoms with Crippen LogP contribution >= 0.6 is 0 Å². The second kappa shape index (κ2) is 11.7. The predicted octanol–water partition coefficient (Wildman–Crippen LogP) is 3.15. The summed E-state index contributed by atoms with van der Waals surface area (Å²) in [6.07, 6.45) is 0. The minimum Gasteiger partial charge on any atom is -0.478 e. The molecule has 8 nitrogen and oxygen atoms in total. The van der Waals surface area contributed by atoms with Crippen molar-refractivity contribution in [2.24, 2.45) is 0 Å². The Kier molecular flexibility index (Phi) is 8.68. The van der Waals surface area contributed by atoms with Crippen LogP contribution in [0.4, 0.5) is 11.4 Å². The van der Waals surface area contributed by atoms with Crippen LogP contribution in [0.5, 0.6) is 0 Å². The molecule has 2 aromatic rings. The molecule has 0 aliphatic carbocycles. The molecule has 0 saturated carbocycles. The fraction of sp³-hybridized carbons (Fsp3) is 0.440. The Hall–Kier alpha value is -3.10. The lowest BCUT2D eigenvalue weighted by molar-refractivity contribution is 0.0599.